The first-order valence-corrected chi connectivity index (χ1v) is 12.0. The largest absolute Gasteiger partial charge is 0.486 e. The summed E-state index contributed by atoms with van der Waals surface area (Å²) >= 11 is 0. The minimum Gasteiger partial charge on any atom is -0.486 e. The Labute approximate surface area is 217 Å². The lowest BCUT2D eigenvalue weighted by Crippen LogP contribution is -2.22. The van der Waals surface area contributed by atoms with Gasteiger partial charge in [-0.15, -0.1) is 0 Å². The van der Waals surface area contributed by atoms with Gasteiger partial charge in [-0.05, 0) is 42.0 Å². The second kappa shape index (κ2) is 9.59. The molecule has 38 heavy (non-hydrogen) atoms. The molecule has 6 rings (SSSR count). The van der Waals surface area contributed by atoms with Gasteiger partial charge >= 0.3 is 11.9 Å². The van der Waals surface area contributed by atoms with E-state index in [-0.39, 0.29) is 24.6 Å². The molecule has 3 aromatic rings. The monoisotopic (exact) mass is 514 g/mol. The highest BCUT2D eigenvalue weighted by Crippen LogP contribution is 2.50. The first kappa shape index (κ1) is 23.6. The lowest BCUT2D eigenvalue weighted by molar-refractivity contribution is -0.143. The molecular weight excluding hydrogens is 492 g/mol. The van der Waals surface area contributed by atoms with Crippen LogP contribution in [0.5, 0.6) is 28.7 Å². The summed E-state index contributed by atoms with van der Waals surface area (Å²) in [6.07, 6.45) is 1.64. The standard InChI is InChI=1S/C29H22O9/c1-33-26(31)15-36-20-5-3-2-4-17(20)19-14-25(30)37-22-9-7-18-28(32)24(38-29(18)27(19)22)13-16-6-8-21-23(12-16)35-11-10-34-21/h2-9,12-13,19H,10-11,14-15H2,1H3/b24-13-/t19-/m0/s1. The highest BCUT2D eigenvalue weighted by Gasteiger charge is 2.39. The molecule has 0 bridgehead atoms. The van der Waals surface area contributed by atoms with Crippen LogP contribution in [0.15, 0.2) is 60.4 Å². The van der Waals surface area contributed by atoms with Crippen LogP contribution in [0.4, 0.5) is 0 Å². The summed E-state index contributed by atoms with van der Waals surface area (Å²) in [5.41, 5.74) is 2.30. The molecule has 1 atom stereocenters. The average molecular weight is 514 g/mol. The van der Waals surface area contributed by atoms with Crippen LogP contribution < -0.4 is 23.7 Å². The second-order valence-corrected chi connectivity index (χ2v) is 8.83. The summed E-state index contributed by atoms with van der Waals surface area (Å²) in [4.78, 5) is 37.5. The molecule has 9 nitrogen and oxygen atoms in total. The smallest absolute Gasteiger partial charge is 0.343 e. The third-order valence-electron chi connectivity index (χ3n) is 6.51. The Hall–Kier alpha value is -4.79. The molecule has 3 heterocycles. The van der Waals surface area contributed by atoms with E-state index < -0.39 is 17.9 Å². The van der Waals surface area contributed by atoms with Gasteiger partial charge in [0.15, 0.2) is 23.9 Å². The van der Waals surface area contributed by atoms with Crippen LogP contribution in [0.2, 0.25) is 0 Å². The van der Waals surface area contributed by atoms with Crippen molar-refractivity contribution in [3.05, 3.63) is 82.6 Å². The number of allylic oxidation sites excluding steroid dienone is 1. The third-order valence-corrected chi connectivity index (χ3v) is 6.51. The van der Waals surface area contributed by atoms with Gasteiger partial charge in [0, 0.05) is 17.0 Å². The fraction of sp³-hybridized carbons (Fsp3) is 0.207. The fourth-order valence-corrected chi connectivity index (χ4v) is 4.77. The molecule has 192 valence electrons. The van der Waals surface area contributed by atoms with Gasteiger partial charge in [0.25, 0.3) is 0 Å². The van der Waals surface area contributed by atoms with Crippen molar-refractivity contribution in [2.75, 3.05) is 26.9 Å². The number of benzene rings is 3. The zero-order chi connectivity index (χ0) is 26.2. The van der Waals surface area contributed by atoms with E-state index in [1.807, 2.05) is 18.2 Å². The molecule has 0 saturated heterocycles. The molecule has 0 unspecified atom stereocenters. The molecule has 0 fully saturated rings. The predicted molar refractivity (Wildman–Crippen MR) is 133 cm³/mol. The summed E-state index contributed by atoms with van der Waals surface area (Å²) in [6.45, 7) is 0.644. The van der Waals surface area contributed by atoms with E-state index in [1.165, 1.54) is 7.11 Å². The van der Waals surface area contributed by atoms with Gasteiger partial charge in [0.1, 0.15) is 30.5 Å². The van der Waals surface area contributed by atoms with E-state index in [2.05, 4.69) is 4.74 Å². The minimum absolute atomic E-state index is 0.000804. The second-order valence-electron chi connectivity index (χ2n) is 8.83. The Kier molecular flexibility index (Phi) is 5.95. The average Bonchev–Trinajstić information content (AvgIpc) is 3.26. The van der Waals surface area contributed by atoms with Crippen molar-refractivity contribution in [1.29, 1.82) is 0 Å². The Bertz CT molecular complexity index is 1500. The summed E-state index contributed by atoms with van der Waals surface area (Å²) in [7, 11) is 1.28. The summed E-state index contributed by atoms with van der Waals surface area (Å²) in [6, 6.07) is 15.7. The van der Waals surface area contributed by atoms with E-state index in [4.69, 9.17) is 23.7 Å². The van der Waals surface area contributed by atoms with E-state index in [0.29, 0.717) is 64.2 Å². The molecule has 3 aromatic carbocycles. The molecule has 0 saturated carbocycles. The van der Waals surface area contributed by atoms with Crippen LogP contribution in [0, 0.1) is 0 Å². The van der Waals surface area contributed by atoms with Crippen LogP contribution in [-0.2, 0) is 14.3 Å². The Balaban J connectivity index is 1.38. The number of carbonyl (C=O) groups is 3. The van der Waals surface area contributed by atoms with Crippen LogP contribution in [0.25, 0.3) is 6.08 Å². The maximum atomic E-state index is 13.3. The van der Waals surface area contributed by atoms with E-state index >= 15 is 0 Å². The maximum Gasteiger partial charge on any atom is 0.343 e. The number of fused-ring (bicyclic) bond motifs is 4. The number of Topliss-reactive ketones (excluding diaryl/α,β-unsaturated/α-hetero) is 1. The molecule has 0 aromatic heterocycles. The SMILES string of the molecule is COC(=O)COc1ccccc1[C@@H]1CC(=O)Oc2ccc3c(c21)O/C(=C\c1ccc2c(c1)OCCO2)C3=O. The molecular formula is C29H22O9. The minimum atomic E-state index is -0.535. The van der Waals surface area contributed by atoms with E-state index in [0.717, 1.165) is 0 Å². The van der Waals surface area contributed by atoms with Gasteiger partial charge in [-0.1, -0.05) is 24.3 Å². The molecule has 0 aliphatic carbocycles. The van der Waals surface area contributed by atoms with Gasteiger partial charge < -0.3 is 28.4 Å². The lowest BCUT2D eigenvalue weighted by Gasteiger charge is -2.27. The molecule has 0 N–H and O–H groups in total. The predicted octanol–water partition coefficient (Wildman–Crippen LogP) is 4.07. The number of ketones is 1. The van der Waals surface area contributed by atoms with Crippen LogP contribution >= 0.6 is 0 Å². The highest BCUT2D eigenvalue weighted by molar-refractivity contribution is 6.15. The number of rotatable bonds is 5. The Morgan fingerprint density at radius 3 is 2.61 bits per heavy atom. The first-order valence-electron chi connectivity index (χ1n) is 12.0. The number of esters is 2. The number of carbonyl (C=O) groups excluding carboxylic acids is 3. The normalized spacial score (nSPS) is 18.2. The summed E-state index contributed by atoms with van der Waals surface area (Å²) < 4.78 is 33.3. The van der Waals surface area contributed by atoms with Gasteiger partial charge in [-0.2, -0.15) is 0 Å². The zero-order valence-electron chi connectivity index (χ0n) is 20.4. The van der Waals surface area contributed by atoms with Gasteiger partial charge in [0.05, 0.1) is 19.1 Å². The first-order chi connectivity index (χ1) is 18.5. The number of hydrogen-bond acceptors (Lipinski definition) is 9. The molecule has 0 radical (unpaired) electrons. The van der Waals surface area contributed by atoms with Gasteiger partial charge in [-0.3, -0.25) is 9.59 Å². The molecule has 9 heteroatoms. The van der Waals surface area contributed by atoms with Crippen LogP contribution in [0.1, 0.15) is 39.4 Å². The lowest BCUT2D eigenvalue weighted by atomic mass is 9.84. The number of para-hydroxylation sites is 1. The van der Waals surface area contributed by atoms with Crippen LogP contribution in [0.3, 0.4) is 0 Å². The van der Waals surface area contributed by atoms with E-state index in [9.17, 15) is 14.4 Å². The molecule has 3 aliphatic rings. The number of ether oxygens (including phenoxy) is 6. The Morgan fingerprint density at radius 1 is 0.974 bits per heavy atom. The summed E-state index contributed by atoms with van der Waals surface area (Å²) in [5, 5.41) is 0. The number of methoxy groups -OCH3 is 1. The van der Waals surface area contributed by atoms with Crippen LogP contribution in [-0.4, -0.2) is 44.7 Å². The topological polar surface area (TPSA) is 107 Å². The van der Waals surface area contributed by atoms with Crippen molar-refractivity contribution >= 4 is 23.8 Å². The van der Waals surface area contributed by atoms with Crippen molar-refractivity contribution in [2.24, 2.45) is 0 Å². The fourth-order valence-electron chi connectivity index (χ4n) is 4.77. The van der Waals surface area contributed by atoms with Crippen molar-refractivity contribution < 1.29 is 42.8 Å². The van der Waals surface area contributed by atoms with Gasteiger partial charge in [-0.25, -0.2) is 4.79 Å². The van der Waals surface area contributed by atoms with Crippen molar-refractivity contribution in [2.45, 2.75) is 12.3 Å². The van der Waals surface area contributed by atoms with E-state index in [1.54, 1.807) is 42.5 Å². The number of hydrogen-bond donors (Lipinski definition) is 0. The Morgan fingerprint density at radius 2 is 1.76 bits per heavy atom. The molecule has 0 amide bonds. The van der Waals surface area contributed by atoms with Crippen molar-refractivity contribution in [3.8, 4) is 28.7 Å². The van der Waals surface area contributed by atoms with Crippen molar-refractivity contribution in [3.63, 3.8) is 0 Å². The third kappa shape index (κ3) is 4.21. The zero-order valence-corrected chi connectivity index (χ0v) is 20.4. The molecule has 3 aliphatic heterocycles. The maximum absolute atomic E-state index is 13.3. The van der Waals surface area contributed by atoms with Gasteiger partial charge in [0.2, 0.25) is 5.78 Å². The highest BCUT2D eigenvalue weighted by atomic mass is 16.6. The quantitative estimate of drug-likeness (QED) is 0.283. The summed E-state index contributed by atoms with van der Waals surface area (Å²) in [5.74, 6) is 0.647. The van der Waals surface area contributed by atoms with Crippen molar-refractivity contribution in [1.82, 2.24) is 0 Å². The molecule has 0 spiro atoms.